The highest BCUT2D eigenvalue weighted by Gasteiger charge is 2.34. The number of benzene rings is 3. The summed E-state index contributed by atoms with van der Waals surface area (Å²) < 4.78 is 15.5. The fraction of sp³-hybridized carbons (Fsp3) is 0.406. The number of rotatable bonds is 12. The highest BCUT2D eigenvalue weighted by molar-refractivity contribution is 8.00. The van der Waals surface area contributed by atoms with Gasteiger partial charge in [-0.25, -0.2) is 0 Å². The summed E-state index contributed by atoms with van der Waals surface area (Å²) in [6.07, 6.45) is 4.70. The Hall–Kier alpha value is -3.34. The monoisotopic (exact) mass is 546 g/mol. The third-order valence-corrected chi connectivity index (χ3v) is 8.83. The van der Waals surface area contributed by atoms with Crippen molar-refractivity contribution in [1.82, 2.24) is 4.90 Å². The second-order valence-electron chi connectivity index (χ2n) is 10.1. The van der Waals surface area contributed by atoms with Crippen molar-refractivity contribution in [2.75, 3.05) is 34.4 Å². The first kappa shape index (κ1) is 28.7. The smallest absolute Gasteiger partial charge is 0.161 e. The van der Waals surface area contributed by atoms with Crippen LogP contribution in [0.25, 0.3) is 0 Å². The van der Waals surface area contributed by atoms with Crippen LogP contribution in [-0.4, -0.2) is 44.4 Å². The van der Waals surface area contributed by atoms with Gasteiger partial charge in [-0.3, -0.25) is 4.90 Å². The molecule has 6 nitrogen and oxygen atoms in total. The Kier molecular flexibility index (Phi) is 9.66. The minimum atomic E-state index is -0.741. The van der Waals surface area contributed by atoms with E-state index in [0.717, 1.165) is 62.2 Å². The highest BCUT2D eigenvalue weighted by atomic mass is 32.2. The van der Waals surface area contributed by atoms with Crippen LogP contribution in [-0.2, 0) is 17.7 Å². The standard InChI is InChI=1S/C32H38N2O4S/c1-23-8-11-27(12-9-23)39-32(22-33,26-10-13-29(36-2)31(20-26)38-4)15-6-5-7-16-34-17-14-24-19-30(37-3)28(35)18-25(24)21-34/h8-13,18-20,35H,5-7,14-17,21H2,1-4H3. The number of thioether (sulfide) groups is 1. The Morgan fingerprint density at radius 1 is 0.897 bits per heavy atom. The molecule has 1 aliphatic heterocycles. The van der Waals surface area contributed by atoms with Crippen LogP contribution in [0.4, 0.5) is 0 Å². The summed E-state index contributed by atoms with van der Waals surface area (Å²) in [5, 5.41) is 20.8. The van der Waals surface area contributed by atoms with Crippen LogP contribution < -0.4 is 14.2 Å². The fourth-order valence-corrected chi connectivity index (χ4v) is 6.38. The molecule has 0 saturated carbocycles. The second kappa shape index (κ2) is 13.1. The van der Waals surface area contributed by atoms with Crippen LogP contribution >= 0.6 is 11.8 Å². The van der Waals surface area contributed by atoms with Crippen molar-refractivity contribution >= 4 is 11.8 Å². The number of unbranched alkanes of at least 4 members (excludes halogenated alkanes) is 2. The molecule has 0 fully saturated rings. The van der Waals surface area contributed by atoms with Crippen LogP contribution in [0.2, 0.25) is 0 Å². The van der Waals surface area contributed by atoms with Gasteiger partial charge in [0.2, 0.25) is 0 Å². The molecule has 39 heavy (non-hydrogen) atoms. The number of ether oxygens (including phenoxy) is 3. The van der Waals surface area contributed by atoms with Crippen LogP contribution in [0.1, 0.15) is 47.9 Å². The lowest BCUT2D eigenvalue weighted by atomic mass is 9.92. The Labute approximate surface area is 236 Å². The lowest BCUT2D eigenvalue weighted by molar-refractivity contribution is 0.246. The number of hydrogen-bond donors (Lipinski definition) is 1. The lowest BCUT2D eigenvalue weighted by Crippen LogP contribution is -2.31. The number of nitrogens with zero attached hydrogens (tertiary/aromatic N) is 2. The summed E-state index contributed by atoms with van der Waals surface area (Å²) in [6.45, 7) is 4.90. The van der Waals surface area contributed by atoms with E-state index >= 15 is 0 Å². The topological polar surface area (TPSA) is 75.0 Å². The lowest BCUT2D eigenvalue weighted by Gasteiger charge is -2.30. The molecule has 0 spiro atoms. The first-order chi connectivity index (χ1) is 18.9. The van der Waals surface area contributed by atoms with E-state index in [2.05, 4.69) is 42.2 Å². The van der Waals surface area contributed by atoms with Crippen LogP contribution in [0.3, 0.4) is 0 Å². The molecule has 0 aliphatic carbocycles. The van der Waals surface area contributed by atoms with Crippen LogP contribution in [0, 0.1) is 18.3 Å². The van der Waals surface area contributed by atoms with Gasteiger partial charge in [0.25, 0.3) is 0 Å². The van der Waals surface area contributed by atoms with Crippen molar-refractivity contribution in [2.24, 2.45) is 0 Å². The van der Waals surface area contributed by atoms with Crippen molar-refractivity contribution in [1.29, 1.82) is 5.26 Å². The molecule has 4 rings (SSSR count). The molecule has 0 aromatic heterocycles. The summed E-state index contributed by atoms with van der Waals surface area (Å²) in [7, 11) is 4.83. The number of phenols is 1. The predicted molar refractivity (Wildman–Crippen MR) is 156 cm³/mol. The van der Waals surface area contributed by atoms with E-state index in [1.807, 2.05) is 30.3 Å². The number of phenolic OH excluding ortho intramolecular Hbond substituents is 1. The largest absolute Gasteiger partial charge is 0.504 e. The molecule has 1 heterocycles. The molecule has 7 heteroatoms. The number of aromatic hydroxyl groups is 1. The van der Waals surface area contributed by atoms with Gasteiger partial charge in [-0.05, 0) is 85.8 Å². The van der Waals surface area contributed by atoms with Gasteiger partial charge in [0, 0.05) is 18.0 Å². The molecule has 1 N–H and O–H groups in total. The van der Waals surface area contributed by atoms with E-state index in [1.54, 1.807) is 33.1 Å². The predicted octanol–water partition coefficient (Wildman–Crippen LogP) is 6.86. The molecule has 206 valence electrons. The molecule has 3 aromatic carbocycles. The van der Waals surface area contributed by atoms with Gasteiger partial charge in [0.05, 0.1) is 27.4 Å². The maximum atomic E-state index is 10.6. The van der Waals surface area contributed by atoms with Gasteiger partial charge >= 0.3 is 0 Å². The Bertz CT molecular complexity index is 1300. The van der Waals surface area contributed by atoms with Crippen molar-refractivity contribution in [3.05, 3.63) is 76.9 Å². The van der Waals surface area contributed by atoms with Crippen molar-refractivity contribution < 1.29 is 19.3 Å². The zero-order valence-corrected chi connectivity index (χ0v) is 24.1. The fourth-order valence-electron chi connectivity index (χ4n) is 5.17. The Balaban J connectivity index is 1.41. The molecule has 3 aromatic rings. The highest BCUT2D eigenvalue weighted by Crippen LogP contribution is 2.47. The zero-order chi connectivity index (χ0) is 27.8. The summed E-state index contributed by atoms with van der Waals surface area (Å²) in [5.74, 6) is 2.03. The van der Waals surface area contributed by atoms with Crippen molar-refractivity contribution in [2.45, 2.75) is 55.2 Å². The third kappa shape index (κ3) is 6.81. The summed E-state index contributed by atoms with van der Waals surface area (Å²) >= 11 is 1.61. The molecule has 0 radical (unpaired) electrons. The van der Waals surface area contributed by atoms with E-state index < -0.39 is 4.75 Å². The van der Waals surface area contributed by atoms with Gasteiger partial charge in [-0.1, -0.05) is 48.4 Å². The average Bonchev–Trinajstić information content (AvgIpc) is 2.96. The van der Waals surface area contributed by atoms with Crippen molar-refractivity contribution in [3.63, 3.8) is 0 Å². The summed E-state index contributed by atoms with van der Waals surface area (Å²) in [5.41, 5.74) is 4.55. The molecule has 1 unspecified atom stereocenters. The third-order valence-electron chi connectivity index (χ3n) is 7.44. The second-order valence-corrected chi connectivity index (χ2v) is 11.4. The van der Waals surface area contributed by atoms with Gasteiger partial charge in [-0.2, -0.15) is 5.26 Å². The maximum Gasteiger partial charge on any atom is 0.161 e. The van der Waals surface area contributed by atoms with Gasteiger partial charge in [0.15, 0.2) is 23.0 Å². The Morgan fingerprint density at radius 2 is 1.64 bits per heavy atom. The van der Waals surface area contributed by atoms with E-state index in [4.69, 9.17) is 14.2 Å². The van der Waals surface area contributed by atoms with E-state index in [9.17, 15) is 10.4 Å². The number of fused-ring (bicyclic) bond motifs is 1. The maximum absolute atomic E-state index is 10.6. The summed E-state index contributed by atoms with van der Waals surface area (Å²) in [4.78, 5) is 3.52. The normalized spacial score (nSPS) is 14.6. The number of nitriles is 1. The van der Waals surface area contributed by atoms with Gasteiger partial charge in [-0.15, -0.1) is 0 Å². The first-order valence-corrected chi connectivity index (χ1v) is 14.2. The quantitative estimate of drug-likeness (QED) is 0.197. The van der Waals surface area contributed by atoms with Gasteiger partial charge < -0.3 is 19.3 Å². The average molecular weight is 547 g/mol. The molecule has 0 bridgehead atoms. The molecular weight excluding hydrogens is 508 g/mol. The number of methoxy groups -OCH3 is 3. The molecule has 0 amide bonds. The van der Waals surface area contributed by atoms with E-state index in [1.165, 1.54) is 16.7 Å². The minimum absolute atomic E-state index is 0.201. The van der Waals surface area contributed by atoms with Crippen LogP contribution in [0.15, 0.2) is 59.5 Å². The minimum Gasteiger partial charge on any atom is -0.504 e. The Morgan fingerprint density at radius 3 is 2.33 bits per heavy atom. The molecule has 1 atom stereocenters. The van der Waals surface area contributed by atoms with Crippen molar-refractivity contribution in [3.8, 4) is 29.1 Å². The number of aryl methyl sites for hydroxylation is 1. The number of hydrogen-bond acceptors (Lipinski definition) is 7. The van der Waals surface area contributed by atoms with Gasteiger partial charge in [0.1, 0.15) is 4.75 Å². The van der Waals surface area contributed by atoms with E-state index in [0.29, 0.717) is 17.2 Å². The summed E-state index contributed by atoms with van der Waals surface area (Å²) in [6, 6.07) is 20.7. The van der Waals surface area contributed by atoms with E-state index in [-0.39, 0.29) is 5.75 Å². The molecule has 1 aliphatic rings. The van der Waals surface area contributed by atoms with Crippen LogP contribution in [0.5, 0.6) is 23.0 Å². The SMILES string of the molecule is COc1cc2c(cc1O)CN(CCCCCC(C#N)(Sc1ccc(C)cc1)c1ccc(OC)c(OC)c1)CC2. The molecule has 0 saturated heterocycles. The zero-order valence-electron chi connectivity index (χ0n) is 23.3. The first-order valence-electron chi connectivity index (χ1n) is 13.4. The molecular formula is C32H38N2O4S.